The van der Waals surface area contributed by atoms with Crippen LogP contribution < -0.4 is 103 Å². The van der Waals surface area contributed by atoms with Crippen molar-refractivity contribution in [3.8, 4) is 0 Å². The molecule has 0 radical (unpaired) electrons. The second-order valence-corrected chi connectivity index (χ2v) is 9.04. The number of unbranched alkanes of at least 4 members (excludes halogenated alkanes) is 12. The molecule has 0 aromatic rings. The summed E-state index contributed by atoms with van der Waals surface area (Å²) in [5.41, 5.74) is 0. The fourth-order valence-electron chi connectivity index (χ4n) is 3.12. The number of aliphatic hydroxyl groups is 4. The molecule has 0 aromatic heterocycles. The Morgan fingerprint density at radius 1 is 0.868 bits per heavy atom. The number of hydrogen-bond acceptors (Lipinski definition) is 11. The number of esters is 1. The number of carboxylic acids is 1. The number of hydrogen-bond donors (Lipinski definition) is 5. The summed E-state index contributed by atoms with van der Waals surface area (Å²) in [4.78, 5) is 46.5. The van der Waals surface area contributed by atoms with Crippen LogP contribution in [0.3, 0.4) is 0 Å². The van der Waals surface area contributed by atoms with Gasteiger partial charge in [0.15, 0.2) is 11.9 Å². The molecule has 1 aliphatic rings. The van der Waals surface area contributed by atoms with Gasteiger partial charge in [-0.1, -0.05) is 84.0 Å². The molecule has 0 spiro atoms. The molecule has 38 heavy (non-hydrogen) atoms. The number of ether oxygens (including phenoxy) is 1. The van der Waals surface area contributed by atoms with Crippen molar-refractivity contribution in [2.24, 2.45) is 0 Å². The van der Waals surface area contributed by atoms with E-state index in [2.05, 4.69) is 11.7 Å². The normalized spacial score (nSPS) is 14.8. The molecule has 0 fully saturated rings. The molecule has 2 atom stereocenters. The molecule has 1 rings (SSSR count). The Hall–Kier alpha value is 1.31. The molecular weight excluding hydrogens is 556 g/mol. The average molecular weight is 596 g/mol. The monoisotopic (exact) mass is 596 g/mol. The van der Waals surface area contributed by atoms with Crippen LogP contribution in [0.25, 0.3) is 0 Å². The zero-order valence-electron chi connectivity index (χ0n) is 23.3. The van der Waals surface area contributed by atoms with E-state index in [1.165, 1.54) is 70.6 Å². The van der Waals surface area contributed by atoms with Crippen molar-refractivity contribution in [2.45, 2.75) is 109 Å². The third-order valence-corrected chi connectivity index (χ3v) is 4.97. The average Bonchev–Trinajstić information content (AvgIpc) is 3.03. The summed E-state index contributed by atoms with van der Waals surface area (Å²) in [5, 5.41) is 43.5. The van der Waals surface area contributed by atoms with Crippen molar-refractivity contribution in [2.75, 3.05) is 6.61 Å². The van der Waals surface area contributed by atoms with Crippen molar-refractivity contribution >= 4 is 19.8 Å². The van der Waals surface area contributed by atoms with Gasteiger partial charge in [-0.2, -0.15) is 7.82 Å². The van der Waals surface area contributed by atoms with Crippen LogP contribution in [0.1, 0.15) is 96.8 Å². The van der Waals surface area contributed by atoms with Crippen LogP contribution in [0.15, 0.2) is 11.5 Å². The number of aliphatic hydroxyl groups excluding tert-OH is 4. The standard InChI is InChI=1S/C16H32O2.C6H8O6.3Na.H3O4P/c1-2-3-4-5-6-7-8-9-10-11-12-13-14-15-16(17)18;7-1-2(8)5-3(9)4(10)6(11)12-5;;;;1-5(2,3)4/h2-15H2,1H3,(H,17,18);2,5,7-10H,1H2;;;;(H3,1,2,3,4)/q;;3*+1;/p-3/t;2-,5+;;;;/m.0..../s1. The predicted molar refractivity (Wildman–Crippen MR) is 121 cm³/mol. The molecule has 0 saturated carbocycles. The Morgan fingerprint density at radius 3 is 1.47 bits per heavy atom. The summed E-state index contributed by atoms with van der Waals surface area (Å²) in [7, 11) is -5.39. The van der Waals surface area contributed by atoms with Gasteiger partial charge in [0, 0.05) is 6.42 Å². The van der Waals surface area contributed by atoms with Gasteiger partial charge in [0.2, 0.25) is 5.76 Å². The largest absolute Gasteiger partial charge is 1.00 e. The van der Waals surface area contributed by atoms with Gasteiger partial charge in [0.05, 0.1) is 6.61 Å². The molecule has 0 saturated heterocycles. The molecule has 0 unspecified atom stereocenters. The van der Waals surface area contributed by atoms with E-state index in [0.29, 0.717) is 6.42 Å². The Balaban J connectivity index is -0.000000158. The van der Waals surface area contributed by atoms with Gasteiger partial charge in [0.25, 0.3) is 0 Å². The third-order valence-electron chi connectivity index (χ3n) is 4.97. The van der Waals surface area contributed by atoms with Crippen molar-refractivity contribution in [3.63, 3.8) is 0 Å². The first-order valence-electron chi connectivity index (χ1n) is 11.9. The second kappa shape index (κ2) is 31.3. The quantitative estimate of drug-likeness (QED) is 0.0484. The molecular formula is C22H40Na3O12P. The first-order chi connectivity index (χ1) is 16.3. The molecule has 0 bridgehead atoms. The zero-order valence-corrected chi connectivity index (χ0v) is 30.2. The number of phosphoric acid groups is 1. The third kappa shape index (κ3) is 33.5. The molecule has 16 heteroatoms. The number of cyclic esters (lactones) is 1. The van der Waals surface area contributed by atoms with E-state index in [4.69, 9.17) is 44.8 Å². The van der Waals surface area contributed by atoms with E-state index in [9.17, 15) is 9.59 Å². The van der Waals surface area contributed by atoms with E-state index >= 15 is 0 Å². The van der Waals surface area contributed by atoms with Crippen molar-refractivity contribution in [1.82, 2.24) is 0 Å². The van der Waals surface area contributed by atoms with Crippen LogP contribution >= 0.6 is 7.82 Å². The van der Waals surface area contributed by atoms with Crippen LogP contribution in [0.4, 0.5) is 0 Å². The number of carbonyl (C=O) groups excluding carboxylic acids is 1. The molecule has 1 aliphatic heterocycles. The van der Waals surface area contributed by atoms with Crippen LogP contribution in [-0.2, 0) is 18.9 Å². The van der Waals surface area contributed by atoms with Crippen LogP contribution in [-0.4, -0.2) is 56.3 Å². The summed E-state index contributed by atoms with van der Waals surface area (Å²) < 4.78 is 12.9. The Kier molecular flexibility index (Phi) is 40.3. The maximum Gasteiger partial charge on any atom is 1.00 e. The van der Waals surface area contributed by atoms with Gasteiger partial charge in [-0.3, -0.25) is 4.79 Å². The minimum atomic E-state index is -5.39. The SMILES string of the molecule is CCCCCCCCCCCCCCCC(=O)O.O=C1O[C@H]([C@@H](O)CO)C(O)=C1O.O=P([O-])([O-])[O-].[Na+].[Na+].[Na+]. The molecule has 208 valence electrons. The van der Waals surface area contributed by atoms with E-state index in [1.807, 2.05) is 0 Å². The van der Waals surface area contributed by atoms with Gasteiger partial charge in [-0.15, -0.1) is 0 Å². The fraction of sp³-hybridized carbons (Fsp3) is 0.818. The summed E-state index contributed by atoms with van der Waals surface area (Å²) in [5.74, 6) is -3.43. The van der Waals surface area contributed by atoms with Crippen molar-refractivity contribution in [3.05, 3.63) is 11.5 Å². The molecule has 1 heterocycles. The predicted octanol–water partition coefficient (Wildman–Crippen LogP) is -7.67. The second-order valence-electron chi connectivity index (χ2n) is 8.14. The number of rotatable bonds is 16. The van der Waals surface area contributed by atoms with Crippen LogP contribution in [0.5, 0.6) is 0 Å². The topological polar surface area (TPSA) is 231 Å². The number of aliphatic carboxylic acids is 1. The van der Waals surface area contributed by atoms with Gasteiger partial charge < -0.3 is 49.5 Å². The summed E-state index contributed by atoms with van der Waals surface area (Å²) in [6.07, 6.45) is 14.5. The van der Waals surface area contributed by atoms with Gasteiger partial charge in [-0.05, 0) is 6.42 Å². The van der Waals surface area contributed by atoms with Gasteiger partial charge in [0.1, 0.15) is 6.10 Å². The Bertz CT molecular complexity index is 653. The fourth-order valence-corrected chi connectivity index (χ4v) is 3.12. The maximum atomic E-state index is 10.5. The first kappa shape index (κ1) is 49.0. The molecule has 0 aliphatic carbocycles. The minimum absolute atomic E-state index is 0. The number of carbonyl (C=O) groups is 2. The maximum absolute atomic E-state index is 10.5. The van der Waals surface area contributed by atoms with Crippen molar-refractivity contribution in [1.29, 1.82) is 0 Å². The summed E-state index contributed by atoms with van der Waals surface area (Å²) in [6.45, 7) is 1.59. The van der Waals surface area contributed by atoms with E-state index in [0.717, 1.165) is 12.8 Å². The van der Waals surface area contributed by atoms with E-state index < -0.39 is 50.1 Å². The van der Waals surface area contributed by atoms with Crippen LogP contribution in [0.2, 0.25) is 0 Å². The minimum Gasteiger partial charge on any atom is -0.822 e. The van der Waals surface area contributed by atoms with Gasteiger partial charge in [-0.25, -0.2) is 4.79 Å². The summed E-state index contributed by atoms with van der Waals surface area (Å²) in [6, 6.07) is 0. The van der Waals surface area contributed by atoms with Crippen molar-refractivity contribution < 1.29 is 148 Å². The Morgan fingerprint density at radius 2 is 1.21 bits per heavy atom. The smallest absolute Gasteiger partial charge is 0.822 e. The Labute approximate surface area is 291 Å². The molecule has 0 amide bonds. The van der Waals surface area contributed by atoms with Crippen LogP contribution in [0, 0.1) is 0 Å². The molecule has 5 N–H and O–H groups in total. The van der Waals surface area contributed by atoms with E-state index in [1.54, 1.807) is 0 Å². The van der Waals surface area contributed by atoms with E-state index in [-0.39, 0.29) is 88.7 Å². The first-order valence-corrected chi connectivity index (χ1v) is 13.4. The molecule has 0 aromatic carbocycles. The van der Waals surface area contributed by atoms with Gasteiger partial charge >= 0.3 is 101 Å². The summed E-state index contributed by atoms with van der Waals surface area (Å²) >= 11 is 0. The number of carboxylic acid groups (broad SMARTS) is 1. The molecule has 12 nitrogen and oxygen atoms in total. The zero-order chi connectivity index (χ0) is 27.3.